The van der Waals surface area contributed by atoms with Crippen molar-refractivity contribution >= 4 is 24.0 Å². The molecular formula is C30H46N4O6. The second-order valence-electron chi connectivity index (χ2n) is 11.0. The van der Waals surface area contributed by atoms with Crippen molar-refractivity contribution in [3.8, 4) is 0 Å². The summed E-state index contributed by atoms with van der Waals surface area (Å²) in [5.74, 6) is -0.155. The Balaban J connectivity index is 0.000000215. The molecule has 0 atom stereocenters. The van der Waals surface area contributed by atoms with Gasteiger partial charge in [-0.05, 0) is 51.4 Å². The molecule has 0 unspecified atom stereocenters. The Bertz CT molecular complexity index is 1140. The van der Waals surface area contributed by atoms with Crippen LogP contribution in [0, 0.1) is 5.92 Å². The maximum Gasteiger partial charge on any atom is 0.341 e. The minimum absolute atomic E-state index is 0.0662. The molecular weight excluding hydrogens is 512 g/mol. The molecule has 2 heterocycles. The minimum atomic E-state index is -0.425. The Hall–Kier alpha value is -3.30. The van der Waals surface area contributed by atoms with E-state index in [9.17, 15) is 19.2 Å². The molecule has 0 N–H and O–H groups in total. The van der Waals surface area contributed by atoms with Crippen LogP contribution in [0.25, 0.3) is 0 Å². The Morgan fingerprint density at radius 2 is 1.35 bits per heavy atom. The first-order chi connectivity index (χ1) is 19.0. The monoisotopic (exact) mass is 558 g/mol. The Morgan fingerprint density at radius 1 is 0.850 bits per heavy atom. The lowest BCUT2D eigenvalue weighted by molar-refractivity contribution is -0.146. The van der Waals surface area contributed by atoms with Crippen molar-refractivity contribution in [2.75, 3.05) is 13.2 Å². The lowest BCUT2D eigenvalue weighted by Crippen LogP contribution is -2.15. The average molecular weight is 559 g/mol. The number of rotatable bonds is 11. The van der Waals surface area contributed by atoms with E-state index in [0.717, 1.165) is 23.2 Å². The van der Waals surface area contributed by atoms with Gasteiger partial charge in [0, 0.05) is 5.92 Å². The molecule has 2 aliphatic carbocycles. The van der Waals surface area contributed by atoms with Crippen molar-refractivity contribution in [2.45, 2.75) is 111 Å². The number of aromatic nitrogens is 4. The molecule has 10 heteroatoms. The van der Waals surface area contributed by atoms with E-state index < -0.39 is 5.97 Å². The van der Waals surface area contributed by atoms with E-state index in [2.05, 4.69) is 42.6 Å². The largest absolute Gasteiger partial charge is 0.466 e. The fourth-order valence-corrected chi connectivity index (χ4v) is 4.17. The second-order valence-corrected chi connectivity index (χ2v) is 11.0. The lowest BCUT2D eigenvalue weighted by atomic mass is 10.1. The van der Waals surface area contributed by atoms with Gasteiger partial charge in [0.2, 0.25) is 0 Å². The first kappa shape index (κ1) is 32.9. The van der Waals surface area contributed by atoms with E-state index in [1.54, 1.807) is 33.2 Å². The number of ether oxygens (including phenoxy) is 2. The van der Waals surface area contributed by atoms with Gasteiger partial charge in [0.05, 0.1) is 54.6 Å². The van der Waals surface area contributed by atoms with Crippen molar-refractivity contribution in [2.24, 2.45) is 5.92 Å². The molecule has 0 radical (unpaired) electrons. The van der Waals surface area contributed by atoms with Crippen molar-refractivity contribution in [1.29, 1.82) is 0 Å². The molecule has 2 aliphatic rings. The van der Waals surface area contributed by atoms with Gasteiger partial charge in [-0.1, -0.05) is 41.5 Å². The molecule has 4 rings (SSSR count). The van der Waals surface area contributed by atoms with Crippen LogP contribution in [-0.4, -0.2) is 56.8 Å². The molecule has 2 aromatic rings. The predicted molar refractivity (Wildman–Crippen MR) is 152 cm³/mol. The Morgan fingerprint density at radius 3 is 1.77 bits per heavy atom. The van der Waals surface area contributed by atoms with Crippen LogP contribution in [0.3, 0.4) is 0 Å². The summed E-state index contributed by atoms with van der Waals surface area (Å²) in [6.07, 6.45) is 8.89. The standard InChI is InChI=1S/C12H18N2O2.C10H14N2O.C8H14O3/c1-4-16-12(15)10-7-13-14(9-5-6-9)11(10)8(2)3;1-7(2)10-8(6-13)5-11-12(10)9-3-4-9;1-4-11-8(10)5-7(9)6(2)3/h7-9H,4-6H2,1-3H3;5-7,9H,3-4H2,1-2H3;6H,4-5H2,1-3H3. The zero-order valence-corrected chi connectivity index (χ0v) is 25.3. The summed E-state index contributed by atoms with van der Waals surface area (Å²) in [4.78, 5) is 44.1. The van der Waals surface area contributed by atoms with Crippen molar-refractivity contribution in [3.63, 3.8) is 0 Å². The van der Waals surface area contributed by atoms with Crippen LogP contribution in [0.4, 0.5) is 0 Å². The third-order valence-electron chi connectivity index (χ3n) is 6.47. The van der Waals surface area contributed by atoms with E-state index in [0.29, 0.717) is 42.7 Å². The summed E-state index contributed by atoms with van der Waals surface area (Å²) < 4.78 is 13.7. The van der Waals surface area contributed by atoms with Crippen LogP contribution in [0.15, 0.2) is 12.4 Å². The minimum Gasteiger partial charge on any atom is -0.466 e. The summed E-state index contributed by atoms with van der Waals surface area (Å²) in [5, 5.41) is 8.57. The fourth-order valence-electron chi connectivity index (χ4n) is 4.17. The van der Waals surface area contributed by atoms with Crippen LogP contribution in [0.1, 0.15) is 144 Å². The summed E-state index contributed by atoms with van der Waals surface area (Å²) >= 11 is 0. The molecule has 0 saturated heterocycles. The molecule has 2 fully saturated rings. The Labute approximate surface area is 237 Å². The lowest BCUT2D eigenvalue weighted by Gasteiger charge is -2.11. The second kappa shape index (κ2) is 15.5. The third kappa shape index (κ3) is 9.41. The highest BCUT2D eigenvalue weighted by molar-refractivity contribution is 5.96. The Kier molecular flexibility index (Phi) is 12.7. The summed E-state index contributed by atoms with van der Waals surface area (Å²) in [7, 11) is 0. The van der Waals surface area contributed by atoms with E-state index >= 15 is 0 Å². The number of aldehydes is 1. The molecule has 222 valence electrons. The van der Waals surface area contributed by atoms with E-state index in [-0.39, 0.29) is 24.1 Å². The third-order valence-corrected chi connectivity index (χ3v) is 6.47. The number of carbonyl (C=O) groups excluding carboxylic acids is 4. The number of carbonyl (C=O) groups is 4. The highest BCUT2D eigenvalue weighted by Crippen LogP contribution is 2.38. The number of esters is 2. The van der Waals surface area contributed by atoms with Gasteiger partial charge in [-0.25, -0.2) is 4.79 Å². The first-order valence-corrected chi connectivity index (χ1v) is 14.4. The van der Waals surface area contributed by atoms with E-state index in [1.807, 2.05) is 16.3 Å². The highest BCUT2D eigenvalue weighted by atomic mass is 16.5. The van der Waals surface area contributed by atoms with Gasteiger partial charge >= 0.3 is 11.9 Å². The molecule has 0 bridgehead atoms. The maximum atomic E-state index is 11.8. The normalized spacial score (nSPS) is 14.3. The molecule has 2 aromatic heterocycles. The van der Waals surface area contributed by atoms with Gasteiger partial charge < -0.3 is 9.47 Å². The smallest absolute Gasteiger partial charge is 0.341 e. The van der Waals surface area contributed by atoms with Gasteiger partial charge in [-0.2, -0.15) is 10.2 Å². The molecule has 10 nitrogen and oxygen atoms in total. The molecule has 2 saturated carbocycles. The van der Waals surface area contributed by atoms with E-state index in [4.69, 9.17) is 4.74 Å². The first-order valence-electron chi connectivity index (χ1n) is 14.4. The molecule has 0 aliphatic heterocycles. The van der Waals surface area contributed by atoms with Crippen molar-refractivity contribution in [3.05, 3.63) is 34.9 Å². The van der Waals surface area contributed by atoms with Crippen LogP contribution in [0.2, 0.25) is 0 Å². The van der Waals surface area contributed by atoms with Crippen LogP contribution in [-0.2, 0) is 19.1 Å². The zero-order valence-electron chi connectivity index (χ0n) is 25.3. The predicted octanol–water partition coefficient (Wildman–Crippen LogP) is 5.84. The molecule has 0 aromatic carbocycles. The van der Waals surface area contributed by atoms with Crippen molar-refractivity contribution < 1.29 is 28.7 Å². The van der Waals surface area contributed by atoms with Crippen LogP contribution in [0.5, 0.6) is 0 Å². The number of hydrogen-bond donors (Lipinski definition) is 0. The summed E-state index contributed by atoms with van der Waals surface area (Å²) in [6, 6.07) is 1.06. The van der Waals surface area contributed by atoms with Gasteiger partial charge in [0.15, 0.2) is 6.29 Å². The van der Waals surface area contributed by atoms with Gasteiger partial charge in [0.1, 0.15) is 17.8 Å². The fraction of sp³-hybridized carbons (Fsp3) is 0.667. The van der Waals surface area contributed by atoms with Gasteiger partial charge in [-0.15, -0.1) is 0 Å². The van der Waals surface area contributed by atoms with Gasteiger partial charge in [-0.3, -0.25) is 23.7 Å². The number of Topliss-reactive ketones (excluding diaryl/α,β-unsaturated/α-hetero) is 1. The van der Waals surface area contributed by atoms with Crippen LogP contribution < -0.4 is 0 Å². The quantitative estimate of drug-likeness (QED) is 0.192. The average Bonchev–Trinajstić information content (AvgIpc) is 3.83. The van der Waals surface area contributed by atoms with Crippen LogP contribution >= 0.6 is 0 Å². The maximum absolute atomic E-state index is 11.8. The number of nitrogens with zero attached hydrogens (tertiary/aromatic N) is 4. The SMILES string of the molecule is CC(C)c1c(C=O)cnn1C1CC1.CCOC(=O)CC(=O)C(C)C.CCOC(=O)c1cnn(C2CC2)c1C(C)C. The number of ketones is 1. The molecule has 0 spiro atoms. The molecule has 0 amide bonds. The van der Waals surface area contributed by atoms with Crippen molar-refractivity contribution in [1.82, 2.24) is 19.6 Å². The zero-order chi connectivity index (χ0) is 30.0. The van der Waals surface area contributed by atoms with E-state index in [1.165, 1.54) is 25.7 Å². The highest BCUT2D eigenvalue weighted by Gasteiger charge is 2.31. The summed E-state index contributed by atoms with van der Waals surface area (Å²) in [6.45, 7) is 16.2. The summed E-state index contributed by atoms with van der Waals surface area (Å²) in [5.41, 5.74) is 3.49. The topological polar surface area (TPSA) is 122 Å². The molecule has 40 heavy (non-hydrogen) atoms. The van der Waals surface area contributed by atoms with Gasteiger partial charge in [0.25, 0.3) is 0 Å². The number of hydrogen-bond acceptors (Lipinski definition) is 8.